The molecule has 3 aromatic rings. The van der Waals surface area contributed by atoms with E-state index >= 15 is 0 Å². The summed E-state index contributed by atoms with van der Waals surface area (Å²) in [6, 6.07) is 25.1. The van der Waals surface area contributed by atoms with E-state index in [9.17, 15) is 18.4 Å². The van der Waals surface area contributed by atoms with Crippen LogP contribution in [-0.2, 0) is 6.18 Å². The Kier molecular flexibility index (Phi) is 11.1. The van der Waals surface area contributed by atoms with Crippen molar-refractivity contribution in [2.45, 2.75) is 46.0 Å². The third-order valence-electron chi connectivity index (χ3n) is 4.30. The van der Waals surface area contributed by atoms with Gasteiger partial charge in [0, 0.05) is 0 Å². The van der Waals surface area contributed by atoms with Crippen LogP contribution in [0.2, 0.25) is 0 Å². The molecule has 0 spiro atoms. The van der Waals surface area contributed by atoms with Crippen LogP contribution in [0.3, 0.4) is 0 Å². The molecule has 0 aromatic heterocycles. The second-order valence-corrected chi connectivity index (χ2v) is 6.10. The summed E-state index contributed by atoms with van der Waals surface area (Å²) < 4.78 is 38.3. The van der Waals surface area contributed by atoms with Gasteiger partial charge in [-0.2, -0.15) is 18.4 Å². The quantitative estimate of drug-likeness (QED) is 0.454. The highest BCUT2D eigenvalue weighted by Gasteiger charge is 2.30. The molecule has 0 bridgehead atoms. The lowest BCUT2D eigenvalue weighted by atomic mass is 9.96. The molecule has 5 heteroatoms. The Morgan fingerprint density at radius 1 is 0.677 bits per heavy atom. The summed E-state index contributed by atoms with van der Waals surface area (Å²) in [6.45, 7) is 8.00. The van der Waals surface area contributed by atoms with Gasteiger partial charge in [-0.15, -0.1) is 0 Å². The van der Waals surface area contributed by atoms with Crippen LogP contribution in [0.5, 0.6) is 0 Å². The van der Waals surface area contributed by atoms with Crippen LogP contribution in [-0.4, -0.2) is 0 Å². The van der Waals surface area contributed by atoms with Gasteiger partial charge in [0.25, 0.3) is 0 Å². The maximum Gasteiger partial charge on any atom is 0.416 e. The van der Waals surface area contributed by atoms with Crippen molar-refractivity contribution in [3.05, 3.63) is 107 Å². The van der Waals surface area contributed by atoms with E-state index in [2.05, 4.69) is 11.4 Å². The van der Waals surface area contributed by atoms with Crippen molar-refractivity contribution in [2.24, 2.45) is 0 Å². The zero-order chi connectivity index (χ0) is 23.3. The molecule has 0 radical (unpaired) electrons. The van der Waals surface area contributed by atoms with Crippen molar-refractivity contribution in [1.82, 2.24) is 5.32 Å². The SMILES string of the molecule is CC.CC.N#CC(NC(c1ccccc1)c1ccccc1)c1ccc(C(F)(F)F)cc1. The van der Waals surface area contributed by atoms with E-state index < -0.39 is 17.8 Å². The average Bonchev–Trinajstić information content (AvgIpc) is 2.83. The Morgan fingerprint density at radius 2 is 1.10 bits per heavy atom. The van der Waals surface area contributed by atoms with E-state index in [1.54, 1.807) is 0 Å². The molecule has 0 amide bonds. The highest BCUT2D eigenvalue weighted by Crippen LogP contribution is 2.31. The summed E-state index contributed by atoms with van der Waals surface area (Å²) >= 11 is 0. The van der Waals surface area contributed by atoms with Crippen LogP contribution in [0.15, 0.2) is 84.9 Å². The van der Waals surface area contributed by atoms with Gasteiger partial charge in [-0.3, -0.25) is 5.32 Å². The monoisotopic (exact) mass is 426 g/mol. The van der Waals surface area contributed by atoms with Crippen molar-refractivity contribution < 1.29 is 13.2 Å². The minimum absolute atomic E-state index is 0.264. The van der Waals surface area contributed by atoms with Gasteiger partial charge in [-0.05, 0) is 28.8 Å². The molecule has 164 valence electrons. The molecule has 2 nitrogen and oxygen atoms in total. The fourth-order valence-corrected chi connectivity index (χ4v) is 2.92. The van der Waals surface area contributed by atoms with E-state index in [1.165, 1.54) is 12.1 Å². The van der Waals surface area contributed by atoms with E-state index in [1.807, 2.05) is 88.4 Å². The average molecular weight is 427 g/mol. The van der Waals surface area contributed by atoms with Crippen molar-refractivity contribution >= 4 is 0 Å². The summed E-state index contributed by atoms with van der Waals surface area (Å²) in [5, 5.41) is 12.9. The van der Waals surface area contributed by atoms with Crippen molar-refractivity contribution in [3.63, 3.8) is 0 Å². The zero-order valence-corrected chi connectivity index (χ0v) is 18.3. The molecular formula is C26H29F3N2. The molecule has 0 aliphatic heterocycles. The van der Waals surface area contributed by atoms with Crippen LogP contribution < -0.4 is 5.32 Å². The van der Waals surface area contributed by atoms with E-state index in [0.29, 0.717) is 5.56 Å². The predicted octanol–water partition coefficient (Wildman–Crippen LogP) is 7.70. The van der Waals surface area contributed by atoms with Gasteiger partial charge in [-0.1, -0.05) is 100 Å². The highest BCUT2D eigenvalue weighted by atomic mass is 19.4. The van der Waals surface area contributed by atoms with Crippen molar-refractivity contribution in [2.75, 3.05) is 0 Å². The molecule has 1 N–H and O–H groups in total. The summed E-state index contributed by atoms with van der Waals surface area (Å²) in [5.41, 5.74) is 1.69. The molecule has 3 rings (SSSR count). The number of nitrogens with zero attached hydrogens (tertiary/aromatic N) is 1. The molecule has 1 atom stereocenters. The second-order valence-electron chi connectivity index (χ2n) is 6.10. The van der Waals surface area contributed by atoms with Crippen molar-refractivity contribution in [1.29, 1.82) is 5.26 Å². The smallest absolute Gasteiger partial charge is 0.287 e. The lowest BCUT2D eigenvalue weighted by molar-refractivity contribution is -0.137. The normalized spacial score (nSPS) is 11.3. The molecule has 3 aromatic carbocycles. The van der Waals surface area contributed by atoms with Gasteiger partial charge in [0.05, 0.1) is 17.7 Å². The standard InChI is InChI=1S/C22H17F3N2.2C2H6/c23-22(24,25)19-13-11-16(12-14-19)20(15-26)27-21(17-7-3-1-4-8-17)18-9-5-2-6-10-18;2*1-2/h1-14,20-21,27H;2*1-2H3. The summed E-state index contributed by atoms with van der Waals surface area (Å²) in [5.74, 6) is 0. The van der Waals surface area contributed by atoms with Crippen LogP contribution in [0.25, 0.3) is 0 Å². The summed E-state index contributed by atoms with van der Waals surface area (Å²) in [6.07, 6.45) is -4.40. The number of hydrogen-bond donors (Lipinski definition) is 1. The molecule has 31 heavy (non-hydrogen) atoms. The largest absolute Gasteiger partial charge is 0.416 e. The second kappa shape index (κ2) is 13.3. The Morgan fingerprint density at radius 3 is 1.45 bits per heavy atom. The van der Waals surface area contributed by atoms with Gasteiger partial charge in [0.2, 0.25) is 0 Å². The van der Waals surface area contributed by atoms with E-state index in [4.69, 9.17) is 0 Å². The first kappa shape index (κ1) is 25.9. The number of halogens is 3. The van der Waals surface area contributed by atoms with Crippen LogP contribution in [0.1, 0.15) is 62.0 Å². The van der Waals surface area contributed by atoms with Gasteiger partial charge in [0.1, 0.15) is 6.04 Å². The zero-order valence-electron chi connectivity index (χ0n) is 18.3. The number of benzene rings is 3. The molecule has 0 saturated heterocycles. The summed E-state index contributed by atoms with van der Waals surface area (Å²) in [4.78, 5) is 0. The number of alkyl halides is 3. The molecule has 0 saturated carbocycles. The molecule has 0 aliphatic rings. The third-order valence-corrected chi connectivity index (χ3v) is 4.30. The lowest BCUT2D eigenvalue weighted by Gasteiger charge is -2.23. The minimum Gasteiger partial charge on any atom is -0.287 e. The molecule has 0 fully saturated rings. The number of nitriles is 1. The van der Waals surface area contributed by atoms with Crippen molar-refractivity contribution in [3.8, 4) is 6.07 Å². The minimum atomic E-state index is -4.40. The first-order valence-electron chi connectivity index (χ1n) is 10.4. The molecular weight excluding hydrogens is 397 g/mol. The maximum absolute atomic E-state index is 12.8. The number of rotatable bonds is 5. The van der Waals surface area contributed by atoms with Gasteiger partial charge in [0.15, 0.2) is 0 Å². The topological polar surface area (TPSA) is 35.8 Å². The van der Waals surface area contributed by atoms with E-state index in [0.717, 1.165) is 23.3 Å². The molecule has 1 unspecified atom stereocenters. The van der Waals surface area contributed by atoms with Gasteiger partial charge >= 0.3 is 6.18 Å². The summed E-state index contributed by atoms with van der Waals surface area (Å²) in [7, 11) is 0. The first-order chi connectivity index (χ1) is 15.0. The number of nitrogens with one attached hydrogen (secondary N) is 1. The Bertz CT molecular complexity index is 860. The third kappa shape index (κ3) is 7.58. The Hall–Kier alpha value is -3.10. The fourth-order valence-electron chi connectivity index (χ4n) is 2.92. The van der Waals surface area contributed by atoms with Gasteiger partial charge in [-0.25, -0.2) is 0 Å². The highest BCUT2D eigenvalue weighted by molar-refractivity contribution is 5.35. The fraction of sp³-hybridized carbons (Fsp3) is 0.269. The Labute approximate surface area is 183 Å². The van der Waals surface area contributed by atoms with Crippen LogP contribution in [0.4, 0.5) is 13.2 Å². The van der Waals surface area contributed by atoms with E-state index in [-0.39, 0.29) is 6.04 Å². The Balaban J connectivity index is 0.00000113. The number of hydrogen-bond acceptors (Lipinski definition) is 2. The van der Waals surface area contributed by atoms with Gasteiger partial charge < -0.3 is 0 Å². The predicted molar refractivity (Wildman–Crippen MR) is 120 cm³/mol. The van der Waals surface area contributed by atoms with Crippen LogP contribution >= 0.6 is 0 Å². The lowest BCUT2D eigenvalue weighted by Crippen LogP contribution is -2.26. The molecule has 0 heterocycles. The maximum atomic E-state index is 12.8. The first-order valence-corrected chi connectivity index (χ1v) is 10.4. The van der Waals surface area contributed by atoms with Crippen LogP contribution in [0, 0.1) is 11.3 Å². The molecule has 0 aliphatic carbocycles.